The second-order valence-corrected chi connectivity index (χ2v) is 6.16. The van der Waals surface area contributed by atoms with Crippen molar-refractivity contribution in [3.63, 3.8) is 0 Å². The molecule has 1 amide bonds. The van der Waals surface area contributed by atoms with E-state index in [1.165, 1.54) is 0 Å². The van der Waals surface area contributed by atoms with Crippen LogP contribution in [0.3, 0.4) is 0 Å². The molecule has 1 fully saturated rings. The Morgan fingerprint density at radius 3 is 2.20 bits per heavy atom. The van der Waals surface area contributed by atoms with Gasteiger partial charge >= 0.3 is 0 Å². The smallest absolute Gasteiger partial charge is 0.242 e. The van der Waals surface area contributed by atoms with Gasteiger partial charge in [-0.1, -0.05) is 20.8 Å². The van der Waals surface area contributed by atoms with E-state index in [4.69, 9.17) is 4.74 Å². The molecular formula is C9H17NO4S. The summed E-state index contributed by atoms with van der Waals surface area (Å²) in [5, 5.41) is -0.569. The topological polar surface area (TPSA) is 72.5 Å². The van der Waals surface area contributed by atoms with Gasteiger partial charge in [0.2, 0.25) is 15.9 Å². The normalized spacial score (nSPS) is 19.7. The van der Waals surface area contributed by atoms with Gasteiger partial charge in [0.15, 0.2) is 0 Å². The average molecular weight is 235 g/mol. The van der Waals surface area contributed by atoms with Crippen molar-refractivity contribution in [1.29, 1.82) is 0 Å². The van der Waals surface area contributed by atoms with Gasteiger partial charge < -0.3 is 4.74 Å². The third-order valence-corrected chi connectivity index (χ3v) is 4.34. The van der Waals surface area contributed by atoms with Crippen LogP contribution in [-0.4, -0.2) is 32.8 Å². The first-order valence-corrected chi connectivity index (χ1v) is 6.52. The van der Waals surface area contributed by atoms with Crippen LogP contribution in [0.5, 0.6) is 0 Å². The molecule has 1 saturated heterocycles. The van der Waals surface area contributed by atoms with Crippen LogP contribution in [0.1, 0.15) is 20.8 Å². The van der Waals surface area contributed by atoms with Crippen molar-refractivity contribution in [2.75, 3.05) is 13.2 Å². The first kappa shape index (κ1) is 12.4. The lowest BCUT2D eigenvalue weighted by Gasteiger charge is -2.26. The van der Waals surface area contributed by atoms with Gasteiger partial charge in [-0.2, -0.15) is 0 Å². The highest BCUT2D eigenvalue weighted by atomic mass is 32.2. The van der Waals surface area contributed by atoms with Crippen molar-refractivity contribution in [2.24, 2.45) is 11.8 Å². The molecule has 0 aromatic heterocycles. The van der Waals surface area contributed by atoms with Crippen molar-refractivity contribution < 1.29 is 17.9 Å². The maximum atomic E-state index is 11.5. The van der Waals surface area contributed by atoms with Gasteiger partial charge in [0.25, 0.3) is 0 Å². The third kappa shape index (κ3) is 2.92. The fourth-order valence-corrected chi connectivity index (χ4v) is 2.20. The molecule has 1 rings (SSSR count). The lowest BCUT2D eigenvalue weighted by Crippen LogP contribution is -2.49. The Balaban J connectivity index is 2.57. The largest absolute Gasteiger partial charge is 0.378 e. The average Bonchev–Trinajstić information content (AvgIpc) is 1.96. The van der Waals surface area contributed by atoms with Gasteiger partial charge in [-0.25, -0.2) is 8.42 Å². The van der Waals surface area contributed by atoms with E-state index in [0.29, 0.717) is 0 Å². The highest BCUT2D eigenvalue weighted by molar-refractivity contribution is 7.90. The van der Waals surface area contributed by atoms with Crippen LogP contribution in [-0.2, 0) is 19.6 Å². The Morgan fingerprint density at radius 2 is 1.87 bits per heavy atom. The summed E-state index contributed by atoms with van der Waals surface area (Å²) in [4.78, 5) is 11.5. The predicted molar refractivity (Wildman–Crippen MR) is 55.7 cm³/mol. The second kappa shape index (κ2) is 4.49. The van der Waals surface area contributed by atoms with E-state index in [2.05, 4.69) is 4.72 Å². The lowest BCUT2D eigenvalue weighted by atomic mass is 9.98. The van der Waals surface area contributed by atoms with Gasteiger partial charge in [0.05, 0.1) is 13.2 Å². The molecule has 1 aliphatic rings. The first-order valence-electron chi connectivity index (χ1n) is 4.98. The molecule has 0 aromatic carbocycles. The van der Waals surface area contributed by atoms with Crippen LogP contribution >= 0.6 is 0 Å². The zero-order valence-corrected chi connectivity index (χ0v) is 10.0. The van der Waals surface area contributed by atoms with E-state index >= 15 is 0 Å². The molecule has 1 heterocycles. The summed E-state index contributed by atoms with van der Waals surface area (Å²) in [5.74, 6) is -0.615. The van der Waals surface area contributed by atoms with E-state index in [1.807, 2.05) is 13.8 Å². The number of hydrogen-bond acceptors (Lipinski definition) is 4. The van der Waals surface area contributed by atoms with Crippen LogP contribution in [0.4, 0.5) is 0 Å². The van der Waals surface area contributed by atoms with E-state index in [-0.39, 0.29) is 25.0 Å². The molecule has 1 atom stereocenters. The molecule has 0 spiro atoms. The summed E-state index contributed by atoms with van der Waals surface area (Å²) in [6, 6.07) is 0. The number of carbonyl (C=O) groups excluding carboxylic acids is 1. The number of sulfonamides is 1. The zero-order valence-electron chi connectivity index (χ0n) is 9.19. The highest BCUT2D eigenvalue weighted by Crippen LogP contribution is 2.13. The van der Waals surface area contributed by atoms with Gasteiger partial charge in [0.1, 0.15) is 5.25 Å². The van der Waals surface area contributed by atoms with E-state index in [9.17, 15) is 13.2 Å². The maximum Gasteiger partial charge on any atom is 0.242 e. The molecule has 0 radical (unpaired) electrons. The van der Waals surface area contributed by atoms with E-state index < -0.39 is 21.2 Å². The fourth-order valence-electron chi connectivity index (χ4n) is 1.01. The number of nitrogens with one attached hydrogen (secondary N) is 1. The molecule has 0 aliphatic carbocycles. The summed E-state index contributed by atoms with van der Waals surface area (Å²) >= 11 is 0. The molecule has 15 heavy (non-hydrogen) atoms. The van der Waals surface area contributed by atoms with Crippen molar-refractivity contribution >= 4 is 15.9 Å². The Labute approximate surface area is 90.2 Å². The monoisotopic (exact) mass is 235 g/mol. The summed E-state index contributed by atoms with van der Waals surface area (Å²) < 4.78 is 29.9. The maximum absolute atomic E-state index is 11.5. The van der Waals surface area contributed by atoms with E-state index in [0.717, 1.165) is 0 Å². The Kier molecular flexibility index (Phi) is 3.72. The number of hydrogen-bond donors (Lipinski definition) is 1. The molecule has 88 valence electrons. The van der Waals surface area contributed by atoms with Gasteiger partial charge in [0, 0.05) is 5.92 Å². The van der Waals surface area contributed by atoms with Crippen LogP contribution in [0.15, 0.2) is 0 Å². The molecule has 0 aromatic rings. The molecular weight excluding hydrogens is 218 g/mol. The summed E-state index contributed by atoms with van der Waals surface area (Å²) in [6.45, 7) is 5.83. The third-order valence-electron chi connectivity index (χ3n) is 2.70. The molecule has 1 N–H and O–H groups in total. The number of carbonyl (C=O) groups is 1. The molecule has 0 saturated carbocycles. The van der Waals surface area contributed by atoms with Crippen LogP contribution in [0.2, 0.25) is 0 Å². The molecule has 1 unspecified atom stereocenters. The Morgan fingerprint density at radius 1 is 1.33 bits per heavy atom. The summed E-state index contributed by atoms with van der Waals surface area (Å²) in [7, 11) is -3.53. The van der Waals surface area contributed by atoms with Crippen molar-refractivity contribution in [3.8, 4) is 0 Å². The quantitative estimate of drug-likeness (QED) is 0.751. The number of amides is 1. The van der Waals surface area contributed by atoms with Crippen LogP contribution in [0.25, 0.3) is 0 Å². The van der Waals surface area contributed by atoms with Crippen molar-refractivity contribution in [3.05, 3.63) is 0 Å². The van der Waals surface area contributed by atoms with Gasteiger partial charge in [-0.05, 0) is 5.92 Å². The van der Waals surface area contributed by atoms with Gasteiger partial charge in [-0.15, -0.1) is 0 Å². The Hall–Kier alpha value is -0.620. The number of ether oxygens (including phenoxy) is 1. The molecule has 0 bridgehead atoms. The Bertz CT molecular complexity index is 332. The second-order valence-electron chi connectivity index (χ2n) is 4.20. The molecule has 6 heteroatoms. The molecule has 5 nitrogen and oxygen atoms in total. The summed E-state index contributed by atoms with van der Waals surface area (Å²) in [5.41, 5.74) is 0. The van der Waals surface area contributed by atoms with E-state index in [1.54, 1.807) is 6.92 Å². The minimum absolute atomic E-state index is 0.123. The van der Waals surface area contributed by atoms with Crippen LogP contribution in [0, 0.1) is 11.8 Å². The lowest BCUT2D eigenvalue weighted by molar-refractivity contribution is -0.123. The summed E-state index contributed by atoms with van der Waals surface area (Å²) in [6.07, 6.45) is 0. The first-order chi connectivity index (χ1) is 6.84. The van der Waals surface area contributed by atoms with Crippen molar-refractivity contribution in [2.45, 2.75) is 26.0 Å². The fraction of sp³-hybridized carbons (Fsp3) is 0.889. The standard InChI is InChI=1S/C9H17NO4S/c1-6(2)7(3)9(11)10-15(12,13)8-4-14-5-8/h6-8H,4-5H2,1-3H3,(H,10,11). The zero-order chi connectivity index (χ0) is 11.6. The predicted octanol–water partition coefficient (Wildman–Crippen LogP) is 0.123. The highest BCUT2D eigenvalue weighted by Gasteiger charge is 2.34. The van der Waals surface area contributed by atoms with Crippen molar-refractivity contribution in [1.82, 2.24) is 4.72 Å². The minimum atomic E-state index is -3.53. The SMILES string of the molecule is CC(C)C(C)C(=O)NS(=O)(=O)C1COC1. The minimum Gasteiger partial charge on any atom is -0.378 e. The van der Waals surface area contributed by atoms with Crippen LogP contribution < -0.4 is 4.72 Å². The number of rotatable bonds is 4. The molecule has 1 aliphatic heterocycles. The van der Waals surface area contributed by atoms with Gasteiger partial charge in [-0.3, -0.25) is 9.52 Å².